The molecule has 0 saturated carbocycles. The van der Waals surface area contributed by atoms with Gasteiger partial charge in [-0.25, -0.2) is 0 Å². The van der Waals surface area contributed by atoms with Crippen molar-refractivity contribution in [3.8, 4) is 5.75 Å². The van der Waals surface area contributed by atoms with Crippen molar-refractivity contribution in [2.24, 2.45) is 4.99 Å². The van der Waals surface area contributed by atoms with E-state index in [1.807, 2.05) is 37.9 Å². The molecule has 1 heterocycles. The van der Waals surface area contributed by atoms with Gasteiger partial charge in [0.2, 0.25) is 0 Å². The molecule has 0 atom stereocenters. The van der Waals surface area contributed by atoms with Gasteiger partial charge in [0.05, 0.1) is 6.61 Å². The van der Waals surface area contributed by atoms with Gasteiger partial charge in [-0.1, -0.05) is 18.2 Å². The van der Waals surface area contributed by atoms with E-state index in [9.17, 15) is 0 Å². The highest BCUT2D eigenvalue weighted by molar-refractivity contribution is 8.00. The van der Waals surface area contributed by atoms with Gasteiger partial charge >= 0.3 is 0 Å². The summed E-state index contributed by atoms with van der Waals surface area (Å²) >= 11 is 2.04. The van der Waals surface area contributed by atoms with Crippen molar-refractivity contribution >= 4 is 17.7 Å². The third-order valence-corrected chi connectivity index (χ3v) is 5.18. The van der Waals surface area contributed by atoms with Gasteiger partial charge in [-0.15, -0.1) is 0 Å². The Kier molecular flexibility index (Phi) is 6.63. The van der Waals surface area contributed by atoms with Gasteiger partial charge in [-0.3, -0.25) is 4.99 Å². The van der Waals surface area contributed by atoms with Crippen molar-refractivity contribution in [3.05, 3.63) is 29.8 Å². The molecular weight excluding hydrogens is 306 g/mol. The molecule has 128 valence electrons. The maximum atomic E-state index is 5.69. The number of para-hydroxylation sites is 1. The van der Waals surface area contributed by atoms with Gasteiger partial charge in [0, 0.05) is 37.2 Å². The molecule has 0 spiro atoms. The zero-order chi connectivity index (χ0) is 16.7. The fraction of sp³-hybridized carbons (Fsp3) is 0.611. The zero-order valence-electron chi connectivity index (χ0n) is 14.8. The summed E-state index contributed by atoms with van der Waals surface area (Å²) in [7, 11) is 1.87. The van der Waals surface area contributed by atoms with Crippen LogP contribution in [0.15, 0.2) is 29.3 Å². The topological polar surface area (TPSA) is 36.9 Å². The van der Waals surface area contributed by atoms with E-state index in [2.05, 4.69) is 41.2 Å². The minimum Gasteiger partial charge on any atom is -0.494 e. The maximum absolute atomic E-state index is 5.69. The second-order valence-corrected chi connectivity index (χ2v) is 8.10. The zero-order valence-corrected chi connectivity index (χ0v) is 15.6. The number of guanidine groups is 1. The molecule has 5 heteroatoms. The van der Waals surface area contributed by atoms with Crippen molar-refractivity contribution in [1.29, 1.82) is 0 Å². The van der Waals surface area contributed by atoms with Crippen LogP contribution < -0.4 is 10.1 Å². The Morgan fingerprint density at radius 2 is 2.17 bits per heavy atom. The highest BCUT2D eigenvalue weighted by Gasteiger charge is 2.28. The van der Waals surface area contributed by atoms with Gasteiger partial charge < -0.3 is 15.0 Å². The van der Waals surface area contributed by atoms with Crippen molar-refractivity contribution in [3.63, 3.8) is 0 Å². The van der Waals surface area contributed by atoms with Crippen LogP contribution >= 0.6 is 11.8 Å². The molecule has 1 aliphatic heterocycles. The van der Waals surface area contributed by atoms with Crippen LogP contribution in [0.4, 0.5) is 0 Å². The van der Waals surface area contributed by atoms with E-state index in [1.54, 1.807) is 0 Å². The summed E-state index contributed by atoms with van der Waals surface area (Å²) in [6.45, 7) is 10.3. The second-order valence-electron chi connectivity index (χ2n) is 6.29. The Labute approximate surface area is 144 Å². The lowest BCUT2D eigenvalue weighted by atomic mass is 10.1. The quantitative estimate of drug-likeness (QED) is 0.663. The fourth-order valence-electron chi connectivity index (χ4n) is 2.85. The Morgan fingerprint density at radius 3 is 2.87 bits per heavy atom. The first-order valence-corrected chi connectivity index (χ1v) is 9.34. The third kappa shape index (κ3) is 5.34. The fourth-order valence-corrected chi connectivity index (χ4v) is 3.96. The van der Waals surface area contributed by atoms with Crippen LogP contribution in [0.25, 0.3) is 0 Å². The van der Waals surface area contributed by atoms with E-state index < -0.39 is 0 Å². The van der Waals surface area contributed by atoms with Gasteiger partial charge in [0.15, 0.2) is 5.96 Å². The molecule has 0 aromatic heterocycles. The summed E-state index contributed by atoms with van der Waals surface area (Å²) in [5.74, 6) is 3.15. The van der Waals surface area contributed by atoms with E-state index >= 15 is 0 Å². The molecule has 1 N–H and O–H groups in total. The molecule has 23 heavy (non-hydrogen) atoms. The first-order valence-electron chi connectivity index (χ1n) is 8.36. The van der Waals surface area contributed by atoms with E-state index in [-0.39, 0.29) is 4.75 Å². The average molecular weight is 336 g/mol. The van der Waals surface area contributed by atoms with Crippen LogP contribution in [0, 0.1) is 0 Å². The number of nitrogens with one attached hydrogen (secondary N) is 1. The molecule has 1 saturated heterocycles. The second kappa shape index (κ2) is 8.48. The standard InChI is InChI=1S/C18H29N3OS/c1-5-22-16-9-7-6-8-15(16)10-11-20-17(19-4)21-12-13-23-18(2,3)14-21/h6-9H,5,10-14H2,1-4H3,(H,19,20). The first-order chi connectivity index (χ1) is 11.1. The summed E-state index contributed by atoms with van der Waals surface area (Å²) in [6.07, 6.45) is 0.932. The van der Waals surface area contributed by atoms with Gasteiger partial charge in [0.25, 0.3) is 0 Å². The lowest BCUT2D eigenvalue weighted by Gasteiger charge is -2.39. The number of hydrogen-bond donors (Lipinski definition) is 1. The Morgan fingerprint density at radius 1 is 1.39 bits per heavy atom. The molecule has 1 aromatic rings. The van der Waals surface area contributed by atoms with Crippen molar-refractivity contribution in [1.82, 2.24) is 10.2 Å². The van der Waals surface area contributed by atoms with E-state index in [1.165, 1.54) is 5.56 Å². The summed E-state index contributed by atoms with van der Waals surface area (Å²) in [6, 6.07) is 8.26. The minimum absolute atomic E-state index is 0.289. The molecule has 4 nitrogen and oxygen atoms in total. The molecule has 0 amide bonds. The molecular formula is C18H29N3OS. The molecule has 2 rings (SSSR count). The third-order valence-electron chi connectivity index (χ3n) is 3.89. The van der Waals surface area contributed by atoms with Crippen molar-refractivity contribution < 1.29 is 4.74 Å². The molecule has 0 aliphatic carbocycles. The van der Waals surface area contributed by atoms with Crippen molar-refractivity contribution in [2.45, 2.75) is 31.9 Å². The highest BCUT2D eigenvalue weighted by atomic mass is 32.2. The van der Waals surface area contributed by atoms with Crippen LogP contribution in [0.3, 0.4) is 0 Å². The predicted molar refractivity (Wildman–Crippen MR) is 101 cm³/mol. The largest absolute Gasteiger partial charge is 0.494 e. The lowest BCUT2D eigenvalue weighted by molar-refractivity contribution is 0.336. The van der Waals surface area contributed by atoms with E-state index in [0.29, 0.717) is 6.61 Å². The number of ether oxygens (including phenoxy) is 1. The molecule has 1 aromatic carbocycles. The molecule has 0 unspecified atom stereocenters. The van der Waals surface area contributed by atoms with Crippen LogP contribution in [0.2, 0.25) is 0 Å². The number of aliphatic imine (C=N–C) groups is 1. The van der Waals surface area contributed by atoms with Crippen LogP contribution in [-0.2, 0) is 6.42 Å². The van der Waals surface area contributed by atoms with E-state index in [4.69, 9.17) is 4.74 Å². The van der Waals surface area contributed by atoms with Crippen LogP contribution in [0.1, 0.15) is 26.3 Å². The highest BCUT2D eigenvalue weighted by Crippen LogP contribution is 2.29. The SMILES string of the molecule is CCOc1ccccc1CCNC(=NC)N1CCSC(C)(C)C1. The first kappa shape index (κ1) is 18.0. The Bertz CT molecular complexity index is 531. The molecule has 0 bridgehead atoms. The summed E-state index contributed by atoms with van der Waals surface area (Å²) in [5.41, 5.74) is 1.24. The average Bonchev–Trinajstić information content (AvgIpc) is 2.52. The van der Waals surface area contributed by atoms with Crippen LogP contribution in [0.5, 0.6) is 5.75 Å². The molecule has 1 fully saturated rings. The maximum Gasteiger partial charge on any atom is 0.193 e. The number of hydrogen-bond acceptors (Lipinski definition) is 3. The van der Waals surface area contributed by atoms with Crippen molar-refractivity contribution in [2.75, 3.05) is 39.0 Å². The minimum atomic E-state index is 0.289. The Hall–Kier alpha value is -1.36. The van der Waals surface area contributed by atoms with E-state index in [0.717, 1.165) is 43.5 Å². The number of rotatable bonds is 5. The number of benzene rings is 1. The summed E-state index contributed by atoms with van der Waals surface area (Å²) < 4.78 is 5.98. The summed E-state index contributed by atoms with van der Waals surface area (Å²) in [5, 5.41) is 3.51. The summed E-state index contributed by atoms with van der Waals surface area (Å²) in [4.78, 5) is 6.82. The Balaban J connectivity index is 1.89. The van der Waals surface area contributed by atoms with Crippen LogP contribution in [-0.4, -0.2) is 54.6 Å². The number of nitrogens with zero attached hydrogens (tertiary/aromatic N) is 2. The molecule has 1 aliphatic rings. The van der Waals surface area contributed by atoms with Gasteiger partial charge in [0.1, 0.15) is 5.75 Å². The normalized spacial score (nSPS) is 17.9. The molecule has 0 radical (unpaired) electrons. The monoisotopic (exact) mass is 335 g/mol. The lowest BCUT2D eigenvalue weighted by Crippen LogP contribution is -2.51. The smallest absolute Gasteiger partial charge is 0.193 e. The van der Waals surface area contributed by atoms with Gasteiger partial charge in [-0.2, -0.15) is 11.8 Å². The number of thioether (sulfide) groups is 1. The van der Waals surface area contributed by atoms with Gasteiger partial charge in [-0.05, 0) is 38.8 Å². The predicted octanol–water partition coefficient (Wildman–Crippen LogP) is 3.03.